The van der Waals surface area contributed by atoms with Crippen LogP contribution >= 0.6 is 0 Å². The Kier molecular flexibility index (Phi) is 4.57. The van der Waals surface area contributed by atoms with Crippen molar-refractivity contribution in [1.82, 2.24) is 14.7 Å². The van der Waals surface area contributed by atoms with Crippen LogP contribution in [0, 0.1) is 0 Å². The van der Waals surface area contributed by atoms with Gasteiger partial charge >= 0.3 is 0 Å². The molecule has 0 N–H and O–H groups in total. The van der Waals surface area contributed by atoms with Crippen molar-refractivity contribution in [3.05, 3.63) is 18.0 Å². The van der Waals surface area contributed by atoms with Crippen LogP contribution in [0.5, 0.6) is 0 Å². The minimum Gasteiger partial charge on any atom is -0.380 e. The van der Waals surface area contributed by atoms with Crippen molar-refractivity contribution >= 4 is 0 Å². The van der Waals surface area contributed by atoms with Gasteiger partial charge in [-0.2, -0.15) is 5.10 Å². The van der Waals surface area contributed by atoms with Crippen LogP contribution in [0.3, 0.4) is 0 Å². The van der Waals surface area contributed by atoms with Crippen molar-refractivity contribution in [3.8, 4) is 0 Å². The zero-order valence-electron chi connectivity index (χ0n) is 10.9. The van der Waals surface area contributed by atoms with E-state index < -0.39 is 0 Å². The largest absolute Gasteiger partial charge is 0.380 e. The van der Waals surface area contributed by atoms with Gasteiger partial charge in [-0.05, 0) is 39.3 Å². The topological polar surface area (TPSA) is 30.3 Å². The van der Waals surface area contributed by atoms with E-state index in [-0.39, 0.29) is 0 Å². The molecule has 0 radical (unpaired) electrons. The van der Waals surface area contributed by atoms with E-state index in [9.17, 15) is 0 Å². The highest BCUT2D eigenvalue weighted by atomic mass is 16.5. The van der Waals surface area contributed by atoms with Crippen molar-refractivity contribution in [3.63, 3.8) is 0 Å². The summed E-state index contributed by atoms with van der Waals surface area (Å²) in [5.41, 5.74) is 1.18. The summed E-state index contributed by atoms with van der Waals surface area (Å²) in [4.78, 5) is 2.50. The molecule has 2 heterocycles. The average molecular weight is 237 g/mol. The molecular formula is C13H23N3O. The Morgan fingerprint density at radius 1 is 1.47 bits per heavy atom. The van der Waals surface area contributed by atoms with E-state index in [4.69, 9.17) is 4.74 Å². The van der Waals surface area contributed by atoms with Crippen LogP contribution in [0.1, 0.15) is 32.4 Å². The van der Waals surface area contributed by atoms with Crippen LogP contribution in [0.15, 0.2) is 12.3 Å². The monoisotopic (exact) mass is 237 g/mol. The van der Waals surface area contributed by atoms with Crippen LogP contribution in [-0.2, 0) is 17.8 Å². The van der Waals surface area contributed by atoms with Crippen molar-refractivity contribution in [2.45, 2.75) is 45.8 Å². The summed E-state index contributed by atoms with van der Waals surface area (Å²) in [6, 6.07) is 2.71. The fourth-order valence-corrected chi connectivity index (χ4v) is 2.42. The standard InChI is InChI=1S/C13H23N3O/c1-3-16-9-7-12(14-16)10-15-8-5-6-13(15)11-17-4-2/h7,9,13H,3-6,8,10-11H2,1-2H3/t13-/m0/s1. The second-order valence-corrected chi connectivity index (χ2v) is 4.59. The minimum atomic E-state index is 0.585. The molecule has 0 unspecified atom stereocenters. The fraction of sp³-hybridized carbons (Fsp3) is 0.769. The lowest BCUT2D eigenvalue weighted by Crippen LogP contribution is -2.32. The molecule has 0 spiro atoms. The van der Waals surface area contributed by atoms with Crippen LogP contribution < -0.4 is 0 Å². The number of hydrogen-bond donors (Lipinski definition) is 0. The Morgan fingerprint density at radius 2 is 2.35 bits per heavy atom. The fourth-order valence-electron chi connectivity index (χ4n) is 2.42. The third-order valence-corrected chi connectivity index (χ3v) is 3.40. The van der Waals surface area contributed by atoms with Crippen LogP contribution in [0.2, 0.25) is 0 Å². The van der Waals surface area contributed by atoms with Crippen molar-refractivity contribution in [2.24, 2.45) is 0 Å². The summed E-state index contributed by atoms with van der Waals surface area (Å²) < 4.78 is 7.53. The van der Waals surface area contributed by atoms with Gasteiger partial charge in [-0.1, -0.05) is 0 Å². The van der Waals surface area contributed by atoms with Gasteiger partial charge < -0.3 is 4.74 Å². The molecule has 0 bridgehead atoms. The summed E-state index contributed by atoms with van der Waals surface area (Å²) in [7, 11) is 0. The van der Waals surface area contributed by atoms with Gasteiger partial charge in [-0.25, -0.2) is 0 Å². The Labute approximate surface area is 104 Å². The smallest absolute Gasteiger partial charge is 0.0764 e. The molecule has 1 fully saturated rings. The number of ether oxygens (including phenoxy) is 1. The Hall–Kier alpha value is -0.870. The normalized spacial score (nSPS) is 21.2. The third kappa shape index (κ3) is 3.30. The van der Waals surface area contributed by atoms with Crippen LogP contribution in [0.25, 0.3) is 0 Å². The van der Waals surface area contributed by atoms with Crippen molar-refractivity contribution in [1.29, 1.82) is 0 Å². The number of likely N-dealkylation sites (tertiary alicyclic amines) is 1. The summed E-state index contributed by atoms with van der Waals surface area (Å²) in [5.74, 6) is 0. The number of rotatable bonds is 6. The molecule has 1 aromatic rings. The maximum Gasteiger partial charge on any atom is 0.0764 e. The van der Waals surface area contributed by atoms with Gasteiger partial charge in [-0.3, -0.25) is 9.58 Å². The highest BCUT2D eigenvalue weighted by Crippen LogP contribution is 2.19. The summed E-state index contributed by atoms with van der Waals surface area (Å²) in [5, 5.41) is 4.54. The van der Waals surface area contributed by atoms with E-state index in [1.54, 1.807) is 0 Å². The molecule has 0 aromatic carbocycles. The first-order valence-corrected chi connectivity index (χ1v) is 6.67. The lowest BCUT2D eigenvalue weighted by Gasteiger charge is -2.23. The molecule has 4 heteroatoms. The highest BCUT2D eigenvalue weighted by molar-refractivity contribution is 5.00. The zero-order chi connectivity index (χ0) is 12.1. The Morgan fingerprint density at radius 3 is 3.06 bits per heavy atom. The van der Waals surface area contributed by atoms with Crippen LogP contribution in [-0.4, -0.2) is 40.5 Å². The van der Waals surface area contributed by atoms with Gasteiger partial charge in [0.1, 0.15) is 0 Å². The molecule has 0 saturated carbocycles. The quantitative estimate of drug-likeness (QED) is 0.757. The lowest BCUT2D eigenvalue weighted by atomic mass is 10.2. The first-order chi connectivity index (χ1) is 8.33. The first-order valence-electron chi connectivity index (χ1n) is 6.67. The SMILES string of the molecule is CCOC[C@@H]1CCCN1Cc1ccn(CC)n1. The molecule has 1 aliphatic rings. The van der Waals surface area contributed by atoms with Gasteiger partial charge in [0, 0.05) is 31.9 Å². The number of nitrogens with zero attached hydrogens (tertiary/aromatic N) is 3. The van der Waals surface area contributed by atoms with E-state index in [0.29, 0.717) is 6.04 Å². The maximum atomic E-state index is 5.54. The van der Waals surface area contributed by atoms with Crippen LogP contribution in [0.4, 0.5) is 0 Å². The van der Waals surface area contributed by atoms with Gasteiger partial charge in [0.15, 0.2) is 0 Å². The van der Waals surface area contributed by atoms with E-state index >= 15 is 0 Å². The third-order valence-electron chi connectivity index (χ3n) is 3.40. The molecule has 17 heavy (non-hydrogen) atoms. The van der Waals surface area contributed by atoms with Crippen molar-refractivity contribution in [2.75, 3.05) is 19.8 Å². The van der Waals surface area contributed by atoms with E-state index in [1.807, 2.05) is 4.68 Å². The van der Waals surface area contributed by atoms with E-state index in [0.717, 1.165) is 26.3 Å². The predicted octanol–water partition coefficient (Wildman–Crippen LogP) is 1.90. The molecule has 1 saturated heterocycles. The van der Waals surface area contributed by atoms with Gasteiger partial charge in [0.25, 0.3) is 0 Å². The molecule has 4 nitrogen and oxygen atoms in total. The molecule has 0 aliphatic carbocycles. The second-order valence-electron chi connectivity index (χ2n) is 4.59. The van der Waals surface area contributed by atoms with Gasteiger partial charge in [0.2, 0.25) is 0 Å². The number of aromatic nitrogens is 2. The highest BCUT2D eigenvalue weighted by Gasteiger charge is 2.24. The molecule has 96 valence electrons. The lowest BCUT2D eigenvalue weighted by molar-refractivity contribution is 0.0818. The predicted molar refractivity (Wildman–Crippen MR) is 67.8 cm³/mol. The molecule has 1 atom stereocenters. The molecule has 1 aliphatic heterocycles. The second kappa shape index (κ2) is 6.17. The van der Waals surface area contributed by atoms with Gasteiger partial charge in [-0.15, -0.1) is 0 Å². The summed E-state index contributed by atoms with van der Waals surface area (Å²) in [6.45, 7) is 8.94. The van der Waals surface area contributed by atoms with E-state index in [2.05, 4.69) is 36.1 Å². The minimum absolute atomic E-state index is 0.585. The Bertz CT molecular complexity index is 337. The molecule has 1 aromatic heterocycles. The van der Waals surface area contributed by atoms with E-state index in [1.165, 1.54) is 25.1 Å². The molecular weight excluding hydrogens is 214 g/mol. The Balaban J connectivity index is 1.88. The van der Waals surface area contributed by atoms with Crippen molar-refractivity contribution < 1.29 is 4.74 Å². The van der Waals surface area contributed by atoms with Gasteiger partial charge in [0.05, 0.1) is 12.3 Å². The summed E-state index contributed by atoms with van der Waals surface area (Å²) in [6.07, 6.45) is 4.60. The average Bonchev–Trinajstić information content (AvgIpc) is 2.96. The number of aryl methyl sites for hydroxylation is 1. The summed E-state index contributed by atoms with van der Waals surface area (Å²) >= 11 is 0. The number of hydrogen-bond acceptors (Lipinski definition) is 3. The zero-order valence-corrected chi connectivity index (χ0v) is 10.9. The maximum absolute atomic E-state index is 5.54. The first kappa shape index (κ1) is 12.6. The molecule has 0 amide bonds. The molecule has 2 rings (SSSR count).